The SMILES string of the molecule is C[Si](C)(C)N(CCCN1C(=O)c2ccccc2C1=O)[Si](C)(C)C. The van der Waals surface area contributed by atoms with E-state index in [-0.39, 0.29) is 11.8 Å². The molecule has 0 fully saturated rings. The van der Waals surface area contributed by atoms with Gasteiger partial charge in [-0.15, -0.1) is 0 Å². The van der Waals surface area contributed by atoms with Gasteiger partial charge in [0.25, 0.3) is 11.8 Å². The van der Waals surface area contributed by atoms with Gasteiger partial charge >= 0.3 is 0 Å². The van der Waals surface area contributed by atoms with E-state index in [0.29, 0.717) is 17.7 Å². The molecule has 0 saturated heterocycles. The van der Waals surface area contributed by atoms with Crippen LogP contribution < -0.4 is 0 Å². The van der Waals surface area contributed by atoms with Crippen LogP contribution in [0.1, 0.15) is 27.1 Å². The minimum absolute atomic E-state index is 0.141. The Morgan fingerprint density at radius 2 is 1.30 bits per heavy atom. The Bertz CT molecular complexity index is 569. The van der Waals surface area contributed by atoms with Gasteiger partial charge in [0.15, 0.2) is 0 Å². The molecule has 1 aliphatic rings. The van der Waals surface area contributed by atoms with Crippen LogP contribution in [0, 0.1) is 0 Å². The zero-order chi connectivity index (χ0) is 17.4. The number of carbonyl (C=O) groups is 2. The molecule has 4 nitrogen and oxygen atoms in total. The van der Waals surface area contributed by atoms with Crippen LogP contribution in [0.3, 0.4) is 0 Å². The molecular weight excluding hydrogens is 320 g/mol. The summed E-state index contributed by atoms with van der Waals surface area (Å²) in [6, 6.07) is 7.11. The lowest BCUT2D eigenvalue weighted by Gasteiger charge is -2.43. The minimum atomic E-state index is -1.39. The number of nitrogens with zero attached hydrogens (tertiary/aromatic N) is 2. The molecule has 0 N–H and O–H groups in total. The average molecular weight is 349 g/mol. The molecule has 1 aromatic carbocycles. The molecule has 2 rings (SSSR count). The van der Waals surface area contributed by atoms with E-state index in [1.54, 1.807) is 12.1 Å². The molecule has 6 heteroatoms. The summed E-state index contributed by atoms with van der Waals surface area (Å²) in [5.41, 5.74) is 1.09. The first-order valence-corrected chi connectivity index (χ1v) is 15.2. The lowest BCUT2D eigenvalue weighted by Crippen LogP contribution is -2.59. The number of imide groups is 1. The molecule has 0 radical (unpaired) electrons. The van der Waals surface area contributed by atoms with Crippen molar-refractivity contribution in [2.75, 3.05) is 13.1 Å². The molecule has 0 spiro atoms. The third-order valence-corrected chi connectivity index (χ3v) is 12.0. The van der Waals surface area contributed by atoms with Gasteiger partial charge in [-0.05, 0) is 25.1 Å². The van der Waals surface area contributed by atoms with E-state index in [1.165, 1.54) is 4.90 Å². The summed E-state index contributed by atoms with van der Waals surface area (Å²) in [4.78, 5) is 26.2. The predicted octanol–water partition coefficient (Wildman–Crippen LogP) is 3.64. The summed E-state index contributed by atoms with van der Waals surface area (Å²) in [6.07, 6.45) is 0.847. The monoisotopic (exact) mass is 348 g/mol. The van der Waals surface area contributed by atoms with Crippen molar-refractivity contribution in [2.45, 2.75) is 45.7 Å². The van der Waals surface area contributed by atoms with Crippen molar-refractivity contribution in [1.82, 2.24) is 9.13 Å². The van der Waals surface area contributed by atoms with Gasteiger partial charge in [-0.1, -0.05) is 51.4 Å². The first-order valence-electron chi connectivity index (χ1n) is 8.26. The Hall–Kier alpha value is -1.25. The van der Waals surface area contributed by atoms with Crippen LogP contribution in [0.25, 0.3) is 0 Å². The fourth-order valence-corrected chi connectivity index (χ4v) is 13.2. The number of rotatable bonds is 6. The molecule has 0 unspecified atom stereocenters. The van der Waals surface area contributed by atoms with Gasteiger partial charge in [-0.3, -0.25) is 14.5 Å². The van der Waals surface area contributed by atoms with Crippen LogP contribution in [0.15, 0.2) is 24.3 Å². The maximum absolute atomic E-state index is 12.4. The van der Waals surface area contributed by atoms with Gasteiger partial charge in [-0.25, -0.2) is 0 Å². The molecular formula is C17H28N2O2Si2. The maximum Gasteiger partial charge on any atom is 0.261 e. The van der Waals surface area contributed by atoms with Crippen LogP contribution in [0.5, 0.6) is 0 Å². The third-order valence-electron chi connectivity index (χ3n) is 4.26. The molecule has 0 aromatic heterocycles. The highest BCUT2D eigenvalue weighted by Gasteiger charge is 2.36. The van der Waals surface area contributed by atoms with Crippen LogP contribution in [0.4, 0.5) is 0 Å². The van der Waals surface area contributed by atoms with E-state index < -0.39 is 16.5 Å². The van der Waals surface area contributed by atoms with E-state index in [9.17, 15) is 9.59 Å². The lowest BCUT2D eigenvalue weighted by atomic mass is 10.1. The Labute approximate surface area is 141 Å². The predicted molar refractivity (Wildman–Crippen MR) is 99.8 cm³/mol. The number of fused-ring (bicyclic) bond motifs is 1. The number of amides is 2. The van der Waals surface area contributed by atoms with Crippen molar-refractivity contribution in [3.8, 4) is 0 Å². The Morgan fingerprint density at radius 1 is 0.870 bits per heavy atom. The topological polar surface area (TPSA) is 40.6 Å². The van der Waals surface area contributed by atoms with Crippen LogP contribution in [0.2, 0.25) is 39.3 Å². The van der Waals surface area contributed by atoms with Gasteiger partial charge in [0.1, 0.15) is 16.5 Å². The van der Waals surface area contributed by atoms with Crippen LogP contribution >= 0.6 is 0 Å². The highest BCUT2D eigenvalue weighted by Crippen LogP contribution is 2.24. The smallest absolute Gasteiger partial charge is 0.261 e. The molecule has 23 heavy (non-hydrogen) atoms. The number of carbonyl (C=O) groups excluding carboxylic acids is 2. The molecule has 0 saturated carbocycles. The fraction of sp³-hybridized carbons (Fsp3) is 0.529. The van der Waals surface area contributed by atoms with Gasteiger partial charge < -0.3 is 4.23 Å². The third kappa shape index (κ3) is 3.81. The molecule has 1 heterocycles. The van der Waals surface area contributed by atoms with E-state index in [2.05, 4.69) is 43.5 Å². The van der Waals surface area contributed by atoms with Crippen LogP contribution in [-0.4, -0.2) is 50.5 Å². The molecule has 1 aromatic rings. The zero-order valence-corrected chi connectivity index (χ0v) is 17.1. The van der Waals surface area contributed by atoms with E-state index in [1.807, 2.05) is 12.1 Å². The highest BCUT2D eigenvalue weighted by atomic mass is 28.4. The largest absolute Gasteiger partial charge is 0.346 e. The molecule has 126 valence electrons. The maximum atomic E-state index is 12.4. The molecule has 0 bridgehead atoms. The Kier molecular flexibility index (Phi) is 4.98. The van der Waals surface area contributed by atoms with Gasteiger partial charge in [0.05, 0.1) is 11.1 Å². The zero-order valence-electron chi connectivity index (χ0n) is 15.1. The van der Waals surface area contributed by atoms with Gasteiger partial charge in [-0.2, -0.15) is 0 Å². The summed E-state index contributed by atoms with van der Waals surface area (Å²) >= 11 is 0. The molecule has 0 aliphatic carbocycles. The normalized spacial score (nSPS) is 15.5. The summed E-state index contributed by atoms with van der Waals surface area (Å²) in [5, 5.41) is 0. The van der Waals surface area contributed by atoms with E-state index in [0.717, 1.165) is 13.0 Å². The Morgan fingerprint density at radius 3 is 1.70 bits per heavy atom. The van der Waals surface area contributed by atoms with Gasteiger partial charge in [0.2, 0.25) is 0 Å². The number of benzene rings is 1. The van der Waals surface area contributed by atoms with Crippen LogP contribution in [-0.2, 0) is 0 Å². The van der Waals surface area contributed by atoms with Gasteiger partial charge in [0, 0.05) is 6.54 Å². The van der Waals surface area contributed by atoms with Crippen molar-refractivity contribution in [1.29, 1.82) is 0 Å². The first-order chi connectivity index (χ1) is 10.5. The standard InChI is InChI=1S/C17H28N2O2Si2/c1-22(2,3)19(23(4,5)6)13-9-12-18-16(20)14-10-7-8-11-15(14)17(18)21/h7-8,10-11H,9,12-13H2,1-6H3. The quantitative estimate of drug-likeness (QED) is 0.582. The highest BCUT2D eigenvalue weighted by molar-refractivity contribution is 6.89. The van der Waals surface area contributed by atoms with E-state index in [4.69, 9.17) is 0 Å². The molecule has 0 atom stereocenters. The van der Waals surface area contributed by atoms with E-state index >= 15 is 0 Å². The second-order valence-corrected chi connectivity index (χ2v) is 18.4. The minimum Gasteiger partial charge on any atom is -0.346 e. The summed E-state index contributed by atoms with van der Waals surface area (Å²) in [5.74, 6) is -0.281. The summed E-state index contributed by atoms with van der Waals surface area (Å²) in [6.45, 7) is 15.7. The number of hydrogen-bond donors (Lipinski definition) is 0. The van der Waals surface area contributed by atoms with Crippen molar-refractivity contribution in [2.24, 2.45) is 0 Å². The average Bonchev–Trinajstić information content (AvgIpc) is 2.66. The lowest BCUT2D eigenvalue weighted by molar-refractivity contribution is 0.0652. The summed E-state index contributed by atoms with van der Waals surface area (Å²) < 4.78 is 2.69. The fourth-order valence-electron chi connectivity index (χ4n) is 3.51. The number of hydrogen-bond acceptors (Lipinski definition) is 3. The van der Waals surface area contributed by atoms with Crippen molar-refractivity contribution >= 4 is 28.3 Å². The Balaban J connectivity index is 2.03. The second kappa shape index (κ2) is 6.34. The molecule has 2 amide bonds. The van der Waals surface area contributed by atoms with Crippen molar-refractivity contribution in [3.05, 3.63) is 35.4 Å². The first kappa shape index (κ1) is 18.1. The molecule has 1 aliphatic heterocycles. The summed E-state index contributed by atoms with van der Waals surface area (Å²) in [7, 11) is -2.78. The second-order valence-electron chi connectivity index (χ2n) is 8.15. The van der Waals surface area contributed by atoms with Crippen molar-refractivity contribution in [3.63, 3.8) is 0 Å². The van der Waals surface area contributed by atoms with Crippen molar-refractivity contribution < 1.29 is 9.59 Å².